The van der Waals surface area contributed by atoms with Gasteiger partial charge < -0.3 is 20.3 Å². The van der Waals surface area contributed by atoms with Gasteiger partial charge in [0, 0.05) is 36.7 Å². The van der Waals surface area contributed by atoms with Crippen LogP contribution in [0.15, 0.2) is 60.9 Å². The van der Waals surface area contributed by atoms with E-state index >= 15 is 0 Å². The molecule has 5 rings (SSSR count). The van der Waals surface area contributed by atoms with Crippen molar-refractivity contribution >= 4 is 34.3 Å². The molecule has 8 nitrogen and oxygen atoms in total. The molecule has 2 aromatic carbocycles. The van der Waals surface area contributed by atoms with Crippen molar-refractivity contribution in [3.05, 3.63) is 60.9 Å². The molecule has 0 saturated carbocycles. The van der Waals surface area contributed by atoms with Gasteiger partial charge in [0.15, 0.2) is 17.0 Å². The Balaban J connectivity index is 1.46. The first-order valence-electron chi connectivity index (χ1n) is 11.1. The molecule has 0 amide bonds. The molecule has 164 valence electrons. The monoisotopic (exact) mass is 429 g/mol. The van der Waals surface area contributed by atoms with Crippen molar-refractivity contribution in [1.29, 1.82) is 0 Å². The summed E-state index contributed by atoms with van der Waals surface area (Å²) in [4.78, 5) is 16.4. The lowest BCUT2D eigenvalue weighted by molar-refractivity contribution is 0.122. The number of rotatable bonds is 7. The lowest BCUT2D eigenvalue weighted by atomic mass is 10.2. The third kappa shape index (κ3) is 4.22. The third-order valence-electron chi connectivity index (χ3n) is 5.47. The lowest BCUT2D eigenvalue weighted by Crippen LogP contribution is -2.36. The standard InChI is InChI=1S/C24H27N7O/c1-2-12-25-22-21-23(31(17-26-21)20-6-4-3-5-7-20)29-24(28-22)27-18-8-10-19(11-9-18)30-13-15-32-16-14-30/h3-11,17H,2,12-16H2,1H3,(H2,25,27,28,29). The molecule has 0 radical (unpaired) electrons. The van der Waals surface area contributed by atoms with Gasteiger partial charge in [-0.3, -0.25) is 4.57 Å². The van der Waals surface area contributed by atoms with Crippen LogP contribution in [0.3, 0.4) is 0 Å². The van der Waals surface area contributed by atoms with Gasteiger partial charge in [0.25, 0.3) is 0 Å². The Morgan fingerprint density at radius 2 is 1.72 bits per heavy atom. The number of nitrogens with zero attached hydrogens (tertiary/aromatic N) is 5. The van der Waals surface area contributed by atoms with E-state index in [4.69, 9.17) is 14.7 Å². The van der Waals surface area contributed by atoms with Crippen LogP contribution in [0.25, 0.3) is 16.9 Å². The third-order valence-corrected chi connectivity index (χ3v) is 5.47. The molecule has 1 aliphatic heterocycles. The Kier molecular flexibility index (Phi) is 5.85. The molecule has 0 aliphatic carbocycles. The molecule has 2 aromatic heterocycles. The van der Waals surface area contributed by atoms with Crippen molar-refractivity contribution < 1.29 is 4.74 Å². The van der Waals surface area contributed by atoms with Gasteiger partial charge in [-0.2, -0.15) is 9.97 Å². The molecule has 32 heavy (non-hydrogen) atoms. The number of imidazole rings is 1. The maximum absolute atomic E-state index is 5.45. The number of ether oxygens (including phenoxy) is 1. The van der Waals surface area contributed by atoms with Crippen LogP contribution in [-0.4, -0.2) is 52.4 Å². The average molecular weight is 430 g/mol. The lowest BCUT2D eigenvalue weighted by Gasteiger charge is -2.28. The highest BCUT2D eigenvalue weighted by Gasteiger charge is 2.15. The molecule has 4 aromatic rings. The maximum Gasteiger partial charge on any atom is 0.231 e. The molecule has 1 saturated heterocycles. The molecule has 1 aliphatic rings. The Morgan fingerprint density at radius 1 is 0.938 bits per heavy atom. The van der Waals surface area contributed by atoms with E-state index in [0.29, 0.717) is 5.95 Å². The van der Waals surface area contributed by atoms with Crippen LogP contribution in [-0.2, 0) is 4.74 Å². The van der Waals surface area contributed by atoms with E-state index in [1.54, 1.807) is 6.33 Å². The van der Waals surface area contributed by atoms with Gasteiger partial charge in [-0.25, -0.2) is 4.98 Å². The summed E-state index contributed by atoms with van der Waals surface area (Å²) in [6.07, 6.45) is 2.80. The van der Waals surface area contributed by atoms with Gasteiger partial charge in [0.05, 0.1) is 13.2 Å². The summed E-state index contributed by atoms with van der Waals surface area (Å²) in [5.74, 6) is 1.27. The average Bonchev–Trinajstić information content (AvgIpc) is 3.28. The smallest absolute Gasteiger partial charge is 0.231 e. The topological polar surface area (TPSA) is 80.1 Å². The number of hydrogen-bond donors (Lipinski definition) is 2. The number of anilines is 4. The summed E-state index contributed by atoms with van der Waals surface area (Å²) in [5.41, 5.74) is 4.67. The summed E-state index contributed by atoms with van der Waals surface area (Å²) in [6.45, 7) is 6.33. The first-order chi connectivity index (χ1) is 15.8. The normalized spacial score (nSPS) is 14.0. The minimum Gasteiger partial charge on any atom is -0.378 e. The van der Waals surface area contributed by atoms with E-state index in [-0.39, 0.29) is 0 Å². The SMILES string of the molecule is CCCNc1nc(Nc2ccc(N3CCOCC3)cc2)nc2c1ncn2-c1ccccc1. The van der Waals surface area contributed by atoms with Crippen LogP contribution >= 0.6 is 0 Å². The Hall–Kier alpha value is -3.65. The zero-order chi connectivity index (χ0) is 21.8. The molecule has 0 bridgehead atoms. The van der Waals surface area contributed by atoms with Crippen molar-refractivity contribution in [2.45, 2.75) is 13.3 Å². The Bertz CT molecular complexity index is 1170. The van der Waals surface area contributed by atoms with E-state index in [1.807, 2.05) is 34.9 Å². The fraction of sp³-hybridized carbons (Fsp3) is 0.292. The Labute approximate surface area is 187 Å². The summed E-state index contributed by atoms with van der Waals surface area (Å²) in [7, 11) is 0. The largest absolute Gasteiger partial charge is 0.378 e. The zero-order valence-electron chi connectivity index (χ0n) is 18.2. The van der Waals surface area contributed by atoms with Crippen molar-refractivity contribution in [3.8, 4) is 5.69 Å². The van der Waals surface area contributed by atoms with Gasteiger partial charge in [0.2, 0.25) is 5.95 Å². The van der Waals surface area contributed by atoms with Crippen LogP contribution in [0.1, 0.15) is 13.3 Å². The summed E-state index contributed by atoms with van der Waals surface area (Å²) in [6, 6.07) is 18.5. The molecule has 0 unspecified atom stereocenters. The first kappa shape index (κ1) is 20.3. The van der Waals surface area contributed by atoms with Gasteiger partial charge in [-0.15, -0.1) is 0 Å². The summed E-state index contributed by atoms with van der Waals surface area (Å²) in [5, 5.41) is 6.76. The van der Waals surface area contributed by atoms with Crippen molar-refractivity contribution in [2.75, 3.05) is 48.4 Å². The van der Waals surface area contributed by atoms with Crippen LogP contribution in [0, 0.1) is 0 Å². The van der Waals surface area contributed by atoms with Crippen molar-refractivity contribution in [3.63, 3.8) is 0 Å². The highest BCUT2D eigenvalue weighted by atomic mass is 16.5. The minimum absolute atomic E-state index is 0.535. The second kappa shape index (κ2) is 9.23. The predicted octanol–water partition coefficient (Wildman–Crippen LogP) is 4.22. The highest BCUT2D eigenvalue weighted by Crippen LogP contribution is 2.26. The minimum atomic E-state index is 0.535. The maximum atomic E-state index is 5.45. The van der Waals surface area contributed by atoms with Crippen molar-refractivity contribution in [1.82, 2.24) is 19.5 Å². The summed E-state index contributed by atoms with van der Waals surface area (Å²) >= 11 is 0. The van der Waals surface area contributed by atoms with Crippen molar-refractivity contribution in [2.24, 2.45) is 0 Å². The molecule has 0 atom stereocenters. The fourth-order valence-corrected chi connectivity index (χ4v) is 3.81. The molecule has 0 spiro atoms. The van der Waals surface area contributed by atoms with Gasteiger partial charge in [-0.1, -0.05) is 25.1 Å². The van der Waals surface area contributed by atoms with Crippen LogP contribution < -0.4 is 15.5 Å². The number of para-hydroxylation sites is 1. The molecular weight excluding hydrogens is 402 g/mol. The van der Waals surface area contributed by atoms with Crippen LogP contribution in [0.4, 0.5) is 23.1 Å². The highest BCUT2D eigenvalue weighted by molar-refractivity contribution is 5.86. The molecule has 1 fully saturated rings. The van der Waals surface area contributed by atoms with Crippen LogP contribution in [0.2, 0.25) is 0 Å². The van der Waals surface area contributed by atoms with E-state index < -0.39 is 0 Å². The second-order valence-electron chi connectivity index (χ2n) is 7.72. The molecule has 8 heteroatoms. The van der Waals surface area contributed by atoms with Gasteiger partial charge in [-0.05, 0) is 42.8 Å². The number of nitrogens with one attached hydrogen (secondary N) is 2. The van der Waals surface area contributed by atoms with E-state index in [9.17, 15) is 0 Å². The van der Waals surface area contributed by atoms with E-state index in [2.05, 4.69) is 51.7 Å². The van der Waals surface area contributed by atoms with Gasteiger partial charge in [0.1, 0.15) is 6.33 Å². The first-order valence-corrected chi connectivity index (χ1v) is 11.1. The van der Waals surface area contributed by atoms with Crippen LogP contribution in [0.5, 0.6) is 0 Å². The number of benzene rings is 2. The number of morpholine rings is 1. The summed E-state index contributed by atoms with van der Waals surface area (Å²) < 4.78 is 7.44. The Morgan fingerprint density at radius 3 is 2.47 bits per heavy atom. The fourth-order valence-electron chi connectivity index (χ4n) is 3.81. The number of aromatic nitrogens is 4. The predicted molar refractivity (Wildman–Crippen MR) is 128 cm³/mol. The number of fused-ring (bicyclic) bond motifs is 1. The molecular formula is C24H27N7O. The zero-order valence-corrected chi connectivity index (χ0v) is 18.2. The second-order valence-corrected chi connectivity index (χ2v) is 7.72. The molecule has 2 N–H and O–H groups in total. The number of hydrogen-bond acceptors (Lipinski definition) is 7. The molecule has 3 heterocycles. The van der Waals surface area contributed by atoms with E-state index in [1.165, 1.54) is 5.69 Å². The van der Waals surface area contributed by atoms with E-state index in [0.717, 1.165) is 67.6 Å². The van der Waals surface area contributed by atoms with Gasteiger partial charge >= 0.3 is 0 Å². The quantitative estimate of drug-likeness (QED) is 0.455.